The SMILES string of the molecule is CSCCCOc1cc(Nc2cc(C)[nH]n2)nc(N2CCCC2c2cc(-c3ccccn3)no2)n1. The first-order chi connectivity index (χ1) is 17.2. The summed E-state index contributed by atoms with van der Waals surface area (Å²) in [7, 11) is 0. The third-order valence-electron chi connectivity index (χ3n) is 5.69. The van der Waals surface area contributed by atoms with Crippen molar-refractivity contribution >= 4 is 29.3 Å². The minimum atomic E-state index is -0.0211. The maximum absolute atomic E-state index is 5.99. The predicted octanol–water partition coefficient (Wildman–Crippen LogP) is 4.78. The van der Waals surface area contributed by atoms with Crippen LogP contribution < -0.4 is 15.0 Å². The van der Waals surface area contributed by atoms with E-state index in [0.717, 1.165) is 54.4 Å². The van der Waals surface area contributed by atoms with E-state index in [4.69, 9.17) is 19.2 Å². The van der Waals surface area contributed by atoms with E-state index < -0.39 is 0 Å². The minimum Gasteiger partial charge on any atom is -0.477 e. The molecule has 0 spiro atoms. The number of nitrogens with zero attached hydrogens (tertiary/aromatic N) is 6. The summed E-state index contributed by atoms with van der Waals surface area (Å²) in [6.07, 6.45) is 6.70. The molecule has 4 aromatic rings. The van der Waals surface area contributed by atoms with Crippen LogP contribution in [0.15, 0.2) is 47.1 Å². The van der Waals surface area contributed by atoms with Crippen LogP contribution in [0.5, 0.6) is 5.88 Å². The smallest absolute Gasteiger partial charge is 0.231 e. The van der Waals surface area contributed by atoms with Crippen LogP contribution in [0, 0.1) is 6.92 Å². The second-order valence-electron chi connectivity index (χ2n) is 8.33. The number of nitrogens with one attached hydrogen (secondary N) is 2. The number of hydrogen-bond acceptors (Lipinski definition) is 10. The lowest BCUT2D eigenvalue weighted by Crippen LogP contribution is -2.25. The highest BCUT2D eigenvalue weighted by Crippen LogP contribution is 2.37. The zero-order valence-electron chi connectivity index (χ0n) is 19.8. The zero-order chi connectivity index (χ0) is 24.0. The maximum Gasteiger partial charge on any atom is 0.231 e. The molecule has 1 aliphatic heterocycles. The Morgan fingerprint density at radius 3 is 2.94 bits per heavy atom. The molecule has 5 rings (SSSR count). The van der Waals surface area contributed by atoms with Gasteiger partial charge in [0, 0.05) is 36.6 Å². The molecule has 0 radical (unpaired) electrons. The van der Waals surface area contributed by atoms with Crippen molar-refractivity contribution in [1.82, 2.24) is 30.3 Å². The average Bonchev–Trinajstić information content (AvgIpc) is 3.63. The summed E-state index contributed by atoms with van der Waals surface area (Å²) >= 11 is 1.80. The zero-order valence-corrected chi connectivity index (χ0v) is 20.6. The number of aryl methyl sites for hydroxylation is 1. The van der Waals surface area contributed by atoms with Gasteiger partial charge in [0.25, 0.3) is 0 Å². The summed E-state index contributed by atoms with van der Waals surface area (Å²) < 4.78 is 11.7. The first kappa shape index (κ1) is 23.2. The highest BCUT2D eigenvalue weighted by molar-refractivity contribution is 7.98. The van der Waals surface area contributed by atoms with Crippen LogP contribution in [0.1, 0.15) is 36.8 Å². The van der Waals surface area contributed by atoms with Gasteiger partial charge in [-0.1, -0.05) is 11.2 Å². The normalized spacial score (nSPS) is 15.5. The Labute approximate surface area is 207 Å². The Kier molecular flexibility index (Phi) is 7.12. The molecule has 5 heterocycles. The van der Waals surface area contributed by atoms with Gasteiger partial charge >= 0.3 is 0 Å². The summed E-state index contributed by atoms with van der Waals surface area (Å²) in [5.41, 5.74) is 2.46. The molecule has 2 N–H and O–H groups in total. The van der Waals surface area contributed by atoms with Gasteiger partial charge in [0.15, 0.2) is 11.6 Å². The van der Waals surface area contributed by atoms with E-state index in [1.807, 2.05) is 43.3 Å². The van der Waals surface area contributed by atoms with Gasteiger partial charge < -0.3 is 19.5 Å². The van der Waals surface area contributed by atoms with Crippen molar-refractivity contribution in [2.24, 2.45) is 0 Å². The fourth-order valence-electron chi connectivity index (χ4n) is 4.06. The number of hydrogen-bond donors (Lipinski definition) is 2. The molecule has 4 aromatic heterocycles. The molecule has 1 saturated heterocycles. The standard InChI is InChI=1S/C24H28N8O2S/c1-16-13-22(30-29-16)26-21-15-23(33-11-6-12-35-2)28-24(27-21)32-10-5-8-19(32)20-14-18(31-34-20)17-7-3-4-9-25-17/h3-4,7,9,13-15,19H,5-6,8,10-12H2,1-2H3,(H2,26,27,28,29,30). The van der Waals surface area contributed by atoms with Crippen LogP contribution in [-0.4, -0.2) is 55.5 Å². The summed E-state index contributed by atoms with van der Waals surface area (Å²) in [6, 6.07) is 11.4. The Balaban J connectivity index is 1.41. The third kappa shape index (κ3) is 5.56. The van der Waals surface area contributed by atoms with Gasteiger partial charge in [0.1, 0.15) is 11.5 Å². The number of ether oxygens (including phenoxy) is 1. The van der Waals surface area contributed by atoms with Crippen molar-refractivity contribution in [1.29, 1.82) is 0 Å². The summed E-state index contributed by atoms with van der Waals surface area (Å²) in [5, 5.41) is 14.7. The van der Waals surface area contributed by atoms with E-state index >= 15 is 0 Å². The highest BCUT2D eigenvalue weighted by atomic mass is 32.2. The second-order valence-corrected chi connectivity index (χ2v) is 9.31. The number of H-pyrrole nitrogens is 1. The first-order valence-electron chi connectivity index (χ1n) is 11.6. The first-order valence-corrected chi connectivity index (χ1v) is 13.0. The number of thioether (sulfide) groups is 1. The van der Waals surface area contributed by atoms with Gasteiger partial charge in [-0.3, -0.25) is 10.1 Å². The molecule has 0 saturated carbocycles. The quantitative estimate of drug-likeness (QED) is 0.300. The van der Waals surface area contributed by atoms with E-state index in [0.29, 0.717) is 30.1 Å². The molecule has 0 aromatic carbocycles. The molecular weight excluding hydrogens is 464 g/mol. The van der Waals surface area contributed by atoms with E-state index in [-0.39, 0.29) is 6.04 Å². The number of rotatable bonds is 10. The molecule has 1 unspecified atom stereocenters. The molecular formula is C24H28N8O2S. The lowest BCUT2D eigenvalue weighted by Gasteiger charge is -2.23. The van der Waals surface area contributed by atoms with Crippen LogP contribution in [0.4, 0.5) is 17.6 Å². The van der Waals surface area contributed by atoms with Crippen molar-refractivity contribution in [3.63, 3.8) is 0 Å². The van der Waals surface area contributed by atoms with Crippen molar-refractivity contribution in [2.45, 2.75) is 32.2 Å². The molecule has 0 bridgehead atoms. The van der Waals surface area contributed by atoms with Crippen LogP contribution in [0.3, 0.4) is 0 Å². The summed E-state index contributed by atoms with van der Waals surface area (Å²) in [6.45, 7) is 3.35. The average molecular weight is 493 g/mol. The topological polar surface area (TPSA) is 118 Å². The Morgan fingerprint density at radius 1 is 1.20 bits per heavy atom. The van der Waals surface area contributed by atoms with Gasteiger partial charge in [-0.05, 0) is 50.3 Å². The molecule has 0 amide bonds. The van der Waals surface area contributed by atoms with Crippen molar-refractivity contribution < 1.29 is 9.26 Å². The predicted molar refractivity (Wildman–Crippen MR) is 136 cm³/mol. The van der Waals surface area contributed by atoms with Crippen molar-refractivity contribution in [3.8, 4) is 17.3 Å². The van der Waals surface area contributed by atoms with Crippen molar-refractivity contribution in [3.05, 3.63) is 54.0 Å². The van der Waals surface area contributed by atoms with Crippen LogP contribution in [-0.2, 0) is 0 Å². The molecule has 35 heavy (non-hydrogen) atoms. The largest absolute Gasteiger partial charge is 0.477 e. The lowest BCUT2D eigenvalue weighted by atomic mass is 10.1. The van der Waals surface area contributed by atoms with E-state index in [9.17, 15) is 0 Å². The van der Waals surface area contributed by atoms with E-state index in [1.165, 1.54) is 0 Å². The summed E-state index contributed by atoms with van der Waals surface area (Å²) in [5.74, 6) is 4.24. The monoisotopic (exact) mass is 492 g/mol. The molecule has 1 aliphatic rings. The molecule has 1 fully saturated rings. The second kappa shape index (κ2) is 10.8. The van der Waals surface area contributed by atoms with Gasteiger partial charge in [-0.2, -0.15) is 26.8 Å². The van der Waals surface area contributed by atoms with Crippen LogP contribution in [0.25, 0.3) is 11.4 Å². The van der Waals surface area contributed by atoms with Gasteiger partial charge in [0.05, 0.1) is 18.3 Å². The van der Waals surface area contributed by atoms with Gasteiger partial charge in [-0.15, -0.1) is 0 Å². The fourth-order valence-corrected chi connectivity index (χ4v) is 4.46. The van der Waals surface area contributed by atoms with Crippen LogP contribution in [0.2, 0.25) is 0 Å². The molecule has 182 valence electrons. The summed E-state index contributed by atoms with van der Waals surface area (Å²) in [4.78, 5) is 16.1. The van der Waals surface area contributed by atoms with Crippen molar-refractivity contribution in [2.75, 3.05) is 35.4 Å². The van der Waals surface area contributed by atoms with Gasteiger partial charge in [0.2, 0.25) is 11.8 Å². The highest BCUT2D eigenvalue weighted by Gasteiger charge is 2.32. The number of pyridine rings is 1. The maximum atomic E-state index is 5.99. The Morgan fingerprint density at radius 2 is 2.14 bits per heavy atom. The Hall–Kier alpha value is -3.60. The molecule has 10 nitrogen and oxygen atoms in total. The number of anilines is 3. The minimum absolute atomic E-state index is 0.0211. The molecule has 1 atom stereocenters. The number of aromatic nitrogens is 6. The molecule has 0 aliphatic carbocycles. The van der Waals surface area contributed by atoms with Crippen LogP contribution >= 0.6 is 11.8 Å². The lowest BCUT2D eigenvalue weighted by molar-refractivity contribution is 0.306. The number of aromatic amines is 1. The fraction of sp³-hybridized carbons (Fsp3) is 0.375. The molecule has 11 heteroatoms. The Bertz CT molecular complexity index is 1250. The van der Waals surface area contributed by atoms with Gasteiger partial charge in [-0.25, -0.2) is 0 Å². The van der Waals surface area contributed by atoms with E-state index in [1.54, 1.807) is 18.0 Å². The van der Waals surface area contributed by atoms with E-state index in [2.05, 4.69) is 36.8 Å². The third-order valence-corrected chi connectivity index (χ3v) is 6.39.